The first kappa shape index (κ1) is 12.2. The average molecular weight is 255 g/mol. The lowest BCUT2D eigenvalue weighted by atomic mass is 10.1. The van der Waals surface area contributed by atoms with Crippen molar-refractivity contribution < 1.29 is 4.74 Å². The molecule has 4 nitrogen and oxygen atoms in total. The number of benzene rings is 1. The van der Waals surface area contributed by atoms with Crippen LogP contribution in [0.4, 0.5) is 0 Å². The summed E-state index contributed by atoms with van der Waals surface area (Å²) in [5, 5.41) is 9.12. The molecule has 1 aliphatic rings. The molecule has 3 rings (SSSR count). The van der Waals surface area contributed by atoms with Crippen molar-refractivity contribution in [1.29, 1.82) is 5.26 Å². The third kappa shape index (κ3) is 2.22. The largest absolute Gasteiger partial charge is 0.378 e. The summed E-state index contributed by atoms with van der Waals surface area (Å²) in [6, 6.07) is 7.95. The van der Waals surface area contributed by atoms with Gasteiger partial charge < -0.3 is 9.30 Å². The standard InChI is InChI=1S/C15H17N3O/c1-18-13-6-2-4-11(10-16)15(13)17-14(18)8-7-12-5-3-9-19-12/h2,4,6,12H,3,5,7-9H2,1H3. The van der Waals surface area contributed by atoms with Gasteiger partial charge in [0.1, 0.15) is 17.4 Å². The highest BCUT2D eigenvalue weighted by molar-refractivity contribution is 5.82. The van der Waals surface area contributed by atoms with E-state index >= 15 is 0 Å². The minimum atomic E-state index is 0.384. The Hall–Kier alpha value is -1.86. The summed E-state index contributed by atoms with van der Waals surface area (Å²) in [4.78, 5) is 4.63. The molecule has 1 atom stereocenters. The third-order valence-corrected chi connectivity index (χ3v) is 3.84. The number of imidazole rings is 1. The fraction of sp³-hybridized carbons (Fsp3) is 0.467. The molecule has 0 saturated carbocycles. The van der Waals surface area contributed by atoms with Gasteiger partial charge in [-0.15, -0.1) is 0 Å². The van der Waals surface area contributed by atoms with Crippen LogP contribution < -0.4 is 0 Å². The summed E-state index contributed by atoms with van der Waals surface area (Å²) in [5.41, 5.74) is 2.49. The van der Waals surface area contributed by atoms with Gasteiger partial charge in [-0.1, -0.05) is 6.07 Å². The Morgan fingerprint density at radius 3 is 3.16 bits per heavy atom. The molecule has 19 heavy (non-hydrogen) atoms. The molecule has 1 aromatic heterocycles. The van der Waals surface area contributed by atoms with Gasteiger partial charge in [-0.3, -0.25) is 0 Å². The van der Waals surface area contributed by atoms with Gasteiger partial charge in [0.15, 0.2) is 0 Å². The lowest BCUT2D eigenvalue weighted by molar-refractivity contribution is 0.104. The monoisotopic (exact) mass is 255 g/mol. The summed E-state index contributed by atoms with van der Waals surface area (Å²) in [6.07, 6.45) is 4.63. The van der Waals surface area contributed by atoms with Crippen molar-refractivity contribution in [3.05, 3.63) is 29.6 Å². The van der Waals surface area contributed by atoms with Crippen LogP contribution in [0.3, 0.4) is 0 Å². The number of fused-ring (bicyclic) bond motifs is 1. The first-order valence-corrected chi connectivity index (χ1v) is 6.75. The minimum absolute atomic E-state index is 0.384. The van der Waals surface area contributed by atoms with Gasteiger partial charge in [-0.2, -0.15) is 5.26 Å². The zero-order valence-corrected chi connectivity index (χ0v) is 11.1. The van der Waals surface area contributed by atoms with Gasteiger partial charge in [0.2, 0.25) is 0 Å². The fourth-order valence-electron chi connectivity index (χ4n) is 2.74. The van der Waals surface area contributed by atoms with E-state index in [1.54, 1.807) is 0 Å². The van der Waals surface area contributed by atoms with Crippen LogP contribution >= 0.6 is 0 Å². The average Bonchev–Trinajstić information content (AvgIpc) is 3.05. The molecule has 2 aromatic rings. The third-order valence-electron chi connectivity index (χ3n) is 3.84. The second-order valence-electron chi connectivity index (χ2n) is 5.05. The highest BCUT2D eigenvalue weighted by Crippen LogP contribution is 2.22. The minimum Gasteiger partial charge on any atom is -0.378 e. The van der Waals surface area contributed by atoms with Gasteiger partial charge in [0.05, 0.1) is 17.2 Å². The topological polar surface area (TPSA) is 50.8 Å². The summed E-state index contributed by atoms with van der Waals surface area (Å²) < 4.78 is 7.73. The Bertz CT molecular complexity index is 633. The number of aromatic nitrogens is 2. The molecule has 0 amide bonds. The molecule has 98 valence electrons. The van der Waals surface area contributed by atoms with Crippen LogP contribution in [0.25, 0.3) is 11.0 Å². The SMILES string of the molecule is Cn1c(CCC2CCCO2)nc2c(C#N)cccc21. The molecule has 1 saturated heterocycles. The van der Waals surface area contributed by atoms with Gasteiger partial charge >= 0.3 is 0 Å². The number of hydrogen-bond donors (Lipinski definition) is 0. The van der Waals surface area contributed by atoms with Crippen LogP contribution in [0.15, 0.2) is 18.2 Å². The molecular formula is C15H17N3O. The van der Waals surface area contributed by atoms with E-state index in [9.17, 15) is 0 Å². The van der Waals surface area contributed by atoms with E-state index < -0.39 is 0 Å². The maximum absolute atomic E-state index is 9.12. The molecule has 1 unspecified atom stereocenters. The van der Waals surface area contributed by atoms with Crippen LogP contribution in [0.5, 0.6) is 0 Å². The molecule has 1 aliphatic heterocycles. The number of ether oxygens (including phenoxy) is 1. The van der Waals surface area contributed by atoms with Gasteiger partial charge in [-0.05, 0) is 31.4 Å². The Morgan fingerprint density at radius 1 is 1.53 bits per heavy atom. The Balaban J connectivity index is 1.87. The number of para-hydroxylation sites is 1. The lowest BCUT2D eigenvalue weighted by Gasteiger charge is -2.08. The number of aryl methyl sites for hydroxylation is 2. The zero-order chi connectivity index (χ0) is 13.2. The molecule has 4 heteroatoms. The van der Waals surface area contributed by atoms with Crippen molar-refractivity contribution in [2.24, 2.45) is 7.05 Å². The van der Waals surface area contributed by atoms with Crippen molar-refractivity contribution >= 4 is 11.0 Å². The smallest absolute Gasteiger partial charge is 0.109 e. The molecule has 0 aliphatic carbocycles. The van der Waals surface area contributed by atoms with E-state index in [4.69, 9.17) is 10.00 Å². The second-order valence-corrected chi connectivity index (χ2v) is 5.05. The maximum Gasteiger partial charge on any atom is 0.109 e. The predicted molar refractivity (Wildman–Crippen MR) is 72.7 cm³/mol. The van der Waals surface area contributed by atoms with Crippen LogP contribution in [-0.2, 0) is 18.2 Å². The molecule has 0 N–H and O–H groups in total. The number of nitrogens with zero attached hydrogens (tertiary/aromatic N) is 3. The van der Waals surface area contributed by atoms with Gasteiger partial charge in [0.25, 0.3) is 0 Å². The van der Waals surface area contributed by atoms with Crippen molar-refractivity contribution in [3.63, 3.8) is 0 Å². The number of nitriles is 1. The molecule has 0 spiro atoms. The maximum atomic E-state index is 9.12. The van der Waals surface area contributed by atoms with E-state index in [0.717, 1.165) is 42.7 Å². The van der Waals surface area contributed by atoms with Crippen LogP contribution in [0.1, 0.15) is 30.7 Å². The first-order valence-electron chi connectivity index (χ1n) is 6.75. The molecule has 2 heterocycles. The Labute approximate surface area is 112 Å². The van der Waals surface area contributed by atoms with E-state index in [1.807, 2.05) is 25.2 Å². The van der Waals surface area contributed by atoms with E-state index in [-0.39, 0.29) is 0 Å². The lowest BCUT2D eigenvalue weighted by Crippen LogP contribution is -2.08. The molecule has 0 radical (unpaired) electrons. The van der Waals surface area contributed by atoms with Crippen LogP contribution in [-0.4, -0.2) is 22.3 Å². The van der Waals surface area contributed by atoms with E-state index in [0.29, 0.717) is 11.7 Å². The fourth-order valence-corrected chi connectivity index (χ4v) is 2.74. The van der Waals surface area contributed by atoms with Gasteiger partial charge in [0, 0.05) is 20.1 Å². The van der Waals surface area contributed by atoms with Crippen molar-refractivity contribution in [3.8, 4) is 6.07 Å². The summed E-state index contributed by atoms with van der Waals surface area (Å²) in [7, 11) is 2.02. The molecule has 0 bridgehead atoms. The summed E-state index contributed by atoms with van der Waals surface area (Å²) in [5.74, 6) is 1.04. The zero-order valence-electron chi connectivity index (χ0n) is 11.1. The first-order chi connectivity index (χ1) is 9.29. The Morgan fingerprint density at radius 2 is 2.42 bits per heavy atom. The molecular weight excluding hydrogens is 238 g/mol. The number of rotatable bonds is 3. The van der Waals surface area contributed by atoms with E-state index in [2.05, 4.69) is 15.6 Å². The summed E-state index contributed by atoms with van der Waals surface area (Å²) >= 11 is 0. The number of hydrogen-bond acceptors (Lipinski definition) is 3. The normalized spacial score (nSPS) is 18.8. The highest BCUT2D eigenvalue weighted by Gasteiger charge is 2.17. The van der Waals surface area contributed by atoms with E-state index in [1.165, 1.54) is 6.42 Å². The van der Waals surface area contributed by atoms with Crippen LogP contribution in [0, 0.1) is 11.3 Å². The van der Waals surface area contributed by atoms with Crippen molar-refractivity contribution in [1.82, 2.24) is 9.55 Å². The van der Waals surface area contributed by atoms with Gasteiger partial charge in [-0.25, -0.2) is 4.98 Å². The van der Waals surface area contributed by atoms with Crippen molar-refractivity contribution in [2.45, 2.75) is 31.8 Å². The van der Waals surface area contributed by atoms with Crippen LogP contribution in [0.2, 0.25) is 0 Å². The second kappa shape index (κ2) is 5.02. The van der Waals surface area contributed by atoms with Crippen molar-refractivity contribution in [2.75, 3.05) is 6.61 Å². The molecule has 1 aromatic carbocycles. The Kier molecular flexibility index (Phi) is 3.22. The quantitative estimate of drug-likeness (QED) is 0.847. The predicted octanol–water partition coefficient (Wildman–Crippen LogP) is 2.56. The summed E-state index contributed by atoms with van der Waals surface area (Å²) in [6.45, 7) is 0.895. The highest BCUT2D eigenvalue weighted by atomic mass is 16.5. The molecule has 1 fully saturated rings.